The molecule has 0 amide bonds. The summed E-state index contributed by atoms with van der Waals surface area (Å²) < 4.78 is 6.02. The second kappa shape index (κ2) is 5.62. The van der Waals surface area contributed by atoms with E-state index in [0.717, 1.165) is 28.6 Å². The summed E-state index contributed by atoms with van der Waals surface area (Å²) in [4.78, 5) is 1.03. The van der Waals surface area contributed by atoms with Crippen LogP contribution in [0.4, 0.5) is 10.8 Å². The quantitative estimate of drug-likeness (QED) is 0.824. The first kappa shape index (κ1) is 13.2. The van der Waals surface area contributed by atoms with E-state index in [4.69, 9.17) is 5.73 Å². The lowest BCUT2D eigenvalue weighted by atomic mass is 10.2. The Morgan fingerprint density at radius 1 is 1.56 bits per heavy atom. The van der Waals surface area contributed by atoms with E-state index in [1.54, 1.807) is 11.8 Å². The number of aromatic nitrogens is 3. The number of anilines is 2. The van der Waals surface area contributed by atoms with Gasteiger partial charge in [-0.25, -0.2) is 0 Å². The van der Waals surface area contributed by atoms with Crippen molar-refractivity contribution in [1.29, 1.82) is 0 Å². The van der Waals surface area contributed by atoms with Gasteiger partial charge in [-0.2, -0.15) is 9.47 Å². The zero-order valence-electron chi connectivity index (χ0n) is 10.7. The molecule has 2 rings (SSSR count). The number of aryl methyl sites for hydroxylation is 2. The van der Waals surface area contributed by atoms with Crippen LogP contribution >= 0.6 is 23.3 Å². The summed E-state index contributed by atoms with van der Waals surface area (Å²) in [6.45, 7) is 2.87. The average Bonchev–Trinajstić information content (AvgIpc) is 2.89. The van der Waals surface area contributed by atoms with Crippen LogP contribution in [0, 0.1) is 0 Å². The van der Waals surface area contributed by atoms with Crippen molar-refractivity contribution < 1.29 is 0 Å². The second-order valence-corrected chi connectivity index (χ2v) is 5.50. The molecule has 0 saturated heterocycles. The van der Waals surface area contributed by atoms with E-state index >= 15 is 0 Å². The van der Waals surface area contributed by atoms with Gasteiger partial charge in [-0.05, 0) is 24.2 Å². The zero-order valence-corrected chi connectivity index (χ0v) is 12.4. The van der Waals surface area contributed by atoms with E-state index < -0.39 is 0 Å². The van der Waals surface area contributed by atoms with Crippen LogP contribution in [0.15, 0.2) is 11.1 Å². The largest absolute Gasteiger partial charge is 0.382 e. The van der Waals surface area contributed by atoms with E-state index in [1.807, 2.05) is 18.0 Å². The standard InChI is InChI=1S/C11H17N5S2/c1-4-8-7(6-16(2)14-8)5-13-11-9(17-3)10(12)15-18-11/h6,13H,4-5H2,1-3H3,(H2,12,15). The van der Waals surface area contributed by atoms with Gasteiger partial charge >= 0.3 is 0 Å². The average molecular weight is 283 g/mol. The fourth-order valence-corrected chi connectivity index (χ4v) is 3.35. The molecule has 0 fully saturated rings. The van der Waals surface area contributed by atoms with Crippen molar-refractivity contribution in [3.63, 3.8) is 0 Å². The Bertz CT molecular complexity index is 530. The van der Waals surface area contributed by atoms with E-state index in [-0.39, 0.29) is 0 Å². The Morgan fingerprint density at radius 2 is 2.33 bits per heavy atom. The van der Waals surface area contributed by atoms with Gasteiger partial charge in [-0.15, -0.1) is 11.8 Å². The first-order valence-electron chi connectivity index (χ1n) is 5.70. The van der Waals surface area contributed by atoms with Gasteiger partial charge in [0, 0.05) is 25.4 Å². The van der Waals surface area contributed by atoms with Crippen molar-refractivity contribution in [3.05, 3.63) is 17.5 Å². The lowest BCUT2D eigenvalue weighted by molar-refractivity contribution is 0.746. The minimum atomic E-state index is 0.608. The van der Waals surface area contributed by atoms with Gasteiger partial charge in [0.25, 0.3) is 0 Å². The van der Waals surface area contributed by atoms with Crippen molar-refractivity contribution in [2.24, 2.45) is 7.05 Å². The van der Waals surface area contributed by atoms with Crippen molar-refractivity contribution in [1.82, 2.24) is 14.2 Å². The number of thioether (sulfide) groups is 1. The Hall–Kier alpha value is -1.21. The topological polar surface area (TPSA) is 68.8 Å². The molecule has 0 spiro atoms. The number of hydrogen-bond donors (Lipinski definition) is 2. The minimum Gasteiger partial charge on any atom is -0.382 e. The minimum absolute atomic E-state index is 0.608. The molecule has 0 bridgehead atoms. The smallest absolute Gasteiger partial charge is 0.153 e. The number of nitrogen functional groups attached to an aromatic ring is 1. The summed E-state index contributed by atoms with van der Waals surface area (Å²) in [6, 6.07) is 0. The second-order valence-electron chi connectivity index (χ2n) is 3.91. The van der Waals surface area contributed by atoms with Crippen molar-refractivity contribution in [3.8, 4) is 0 Å². The normalized spacial score (nSPS) is 10.8. The molecule has 2 aromatic heterocycles. The van der Waals surface area contributed by atoms with Gasteiger partial charge in [0.15, 0.2) is 5.82 Å². The van der Waals surface area contributed by atoms with E-state index in [0.29, 0.717) is 5.82 Å². The summed E-state index contributed by atoms with van der Waals surface area (Å²) in [6.07, 6.45) is 5.00. The van der Waals surface area contributed by atoms with Crippen molar-refractivity contribution in [2.45, 2.75) is 24.8 Å². The molecule has 0 unspecified atom stereocenters. The van der Waals surface area contributed by atoms with Crippen LogP contribution in [0.2, 0.25) is 0 Å². The third-order valence-electron chi connectivity index (χ3n) is 2.64. The summed E-state index contributed by atoms with van der Waals surface area (Å²) in [7, 11) is 1.95. The molecule has 0 radical (unpaired) electrons. The van der Waals surface area contributed by atoms with Crippen molar-refractivity contribution in [2.75, 3.05) is 17.3 Å². The van der Waals surface area contributed by atoms with Gasteiger partial charge in [-0.3, -0.25) is 4.68 Å². The molecule has 7 heteroatoms. The Balaban J connectivity index is 2.11. The number of nitrogens with zero attached hydrogens (tertiary/aromatic N) is 3. The lowest BCUT2D eigenvalue weighted by Crippen LogP contribution is -2.00. The molecule has 2 aromatic rings. The van der Waals surface area contributed by atoms with Crippen LogP contribution in [-0.4, -0.2) is 20.4 Å². The maximum Gasteiger partial charge on any atom is 0.153 e. The molecule has 0 saturated carbocycles. The molecule has 3 N–H and O–H groups in total. The molecule has 0 aromatic carbocycles. The van der Waals surface area contributed by atoms with Crippen LogP contribution in [0.1, 0.15) is 18.2 Å². The summed E-state index contributed by atoms with van der Waals surface area (Å²) in [5, 5.41) is 8.85. The highest BCUT2D eigenvalue weighted by Crippen LogP contribution is 2.34. The van der Waals surface area contributed by atoms with Crippen LogP contribution in [0.3, 0.4) is 0 Å². The molecule has 0 aliphatic rings. The third kappa shape index (κ3) is 2.62. The van der Waals surface area contributed by atoms with Crippen LogP contribution in [0.5, 0.6) is 0 Å². The van der Waals surface area contributed by atoms with Crippen molar-refractivity contribution >= 4 is 34.1 Å². The fraction of sp³-hybridized carbons (Fsp3) is 0.455. The lowest BCUT2D eigenvalue weighted by Gasteiger charge is -2.04. The predicted molar refractivity (Wildman–Crippen MR) is 78.2 cm³/mol. The SMILES string of the molecule is CCc1nn(C)cc1CNc1snc(N)c1SC. The maximum absolute atomic E-state index is 5.80. The van der Waals surface area contributed by atoms with Crippen LogP contribution in [0.25, 0.3) is 0 Å². The molecule has 98 valence electrons. The van der Waals surface area contributed by atoms with Gasteiger partial charge in [0.1, 0.15) is 5.00 Å². The van der Waals surface area contributed by atoms with E-state index in [2.05, 4.69) is 27.9 Å². The summed E-state index contributed by atoms with van der Waals surface area (Å²) in [5.74, 6) is 0.608. The number of nitrogens with one attached hydrogen (secondary N) is 1. The molecule has 0 aliphatic heterocycles. The zero-order chi connectivity index (χ0) is 13.1. The Kier molecular flexibility index (Phi) is 4.13. The van der Waals surface area contributed by atoms with Crippen LogP contribution in [-0.2, 0) is 20.0 Å². The fourth-order valence-electron chi connectivity index (χ4n) is 1.81. The molecule has 2 heterocycles. The summed E-state index contributed by atoms with van der Waals surface area (Å²) >= 11 is 3.02. The highest BCUT2D eigenvalue weighted by atomic mass is 32.2. The molecular formula is C11H17N5S2. The first-order valence-corrected chi connectivity index (χ1v) is 7.69. The number of rotatable bonds is 5. The van der Waals surface area contributed by atoms with Gasteiger partial charge in [-0.1, -0.05) is 6.92 Å². The number of nitrogens with two attached hydrogens (primary N) is 1. The van der Waals surface area contributed by atoms with Crippen LogP contribution < -0.4 is 11.1 Å². The third-order valence-corrected chi connectivity index (χ3v) is 4.41. The first-order chi connectivity index (χ1) is 8.65. The maximum atomic E-state index is 5.80. The van der Waals surface area contributed by atoms with Gasteiger partial charge < -0.3 is 11.1 Å². The highest BCUT2D eigenvalue weighted by molar-refractivity contribution is 7.99. The highest BCUT2D eigenvalue weighted by Gasteiger charge is 2.11. The van der Waals surface area contributed by atoms with Gasteiger partial charge in [0.2, 0.25) is 0 Å². The molecular weight excluding hydrogens is 266 g/mol. The Morgan fingerprint density at radius 3 is 3.00 bits per heavy atom. The van der Waals surface area contributed by atoms with E-state index in [1.165, 1.54) is 17.1 Å². The van der Waals surface area contributed by atoms with E-state index in [9.17, 15) is 0 Å². The molecule has 5 nitrogen and oxygen atoms in total. The number of hydrogen-bond acceptors (Lipinski definition) is 6. The molecule has 18 heavy (non-hydrogen) atoms. The Labute approximate surface area is 115 Å². The predicted octanol–water partition coefficient (Wildman–Crippen LogP) is 2.36. The monoisotopic (exact) mass is 283 g/mol. The van der Waals surface area contributed by atoms with Gasteiger partial charge in [0.05, 0.1) is 10.6 Å². The molecule has 0 aliphatic carbocycles. The molecule has 0 atom stereocenters. The summed E-state index contributed by atoms with van der Waals surface area (Å²) in [5.41, 5.74) is 8.16.